The van der Waals surface area contributed by atoms with Crippen LogP contribution in [0.5, 0.6) is 11.5 Å². The van der Waals surface area contributed by atoms with Crippen LogP contribution in [0.25, 0.3) is 0 Å². The number of pyridine rings is 1. The van der Waals surface area contributed by atoms with Crippen LogP contribution in [-0.2, 0) is 19.3 Å². The smallest absolute Gasteiger partial charge is 0.419 e. The monoisotopic (exact) mass is 480 g/mol. The highest BCUT2D eigenvalue weighted by atomic mass is 79.9. The van der Waals surface area contributed by atoms with Gasteiger partial charge < -0.3 is 14.4 Å². The Hall–Kier alpha value is -2.74. The molecule has 0 bridgehead atoms. The first-order chi connectivity index (χ1) is 14.3. The number of halogens is 4. The van der Waals surface area contributed by atoms with Crippen molar-refractivity contribution in [3.63, 3.8) is 0 Å². The topological polar surface area (TPSA) is 34.6 Å². The lowest BCUT2D eigenvalue weighted by atomic mass is 10.1. The van der Waals surface area contributed by atoms with Gasteiger partial charge in [-0.3, -0.25) is 0 Å². The van der Waals surface area contributed by atoms with Crippen LogP contribution in [-0.4, -0.2) is 19.2 Å². The Bertz CT molecular complexity index is 928. The number of alkyl halides is 3. The molecule has 0 saturated carbocycles. The van der Waals surface area contributed by atoms with Crippen LogP contribution >= 0.6 is 15.9 Å². The van der Waals surface area contributed by atoms with E-state index in [0.717, 1.165) is 28.7 Å². The summed E-state index contributed by atoms with van der Waals surface area (Å²) in [7, 11) is 3.18. The molecule has 0 N–H and O–H groups in total. The van der Waals surface area contributed by atoms with E-state index in [1.54, 1.807) is 14.2 Å². The Morgan fingerprint density at radius 3 is 1.63 bits per heavy atom. The fraction of sp³-hybridized carbons (Fsp3) is 0.227. The molecule has 8 heteroatoms. The van der Waals surface area contributed by atoms with Crippen molar-refractivity contribution >= 4 is 21.7 Å². The molecule has 2 aromatic carbocycles. The standard InChI is InChI=1S/C22H20BrF3N2O2/c1-29-17-7-3-15(4-8-17)13-28(14-16-5-9-18(30-2)10-6-16)20-12-11-19(21(23)27-20)22(24,25)26/h3-12H,13-14H2,1-2H3. The summed E-state index contributed by atoms with van der Waals surface area (Å²) < 4.78 is 49.5. The van der Waals surface area contributed by atoms with E-state index in [2.05, 4.69) is 20.9 Å². The van der Waals surface area contributed by atoms with E-state index in [1.165, 1.54) is 6.07 Å². The predicted octanol–water partition coefficient (Wildman–Crippen LogP) is 6.09. The fourth-order valence-corrected chi connectivity index (χ4v) is 3.47. The van der Waals surface area contributed by atoms with Gasteiger partial charge in [0.2, 0.25) is 0 Å². The molecule has 0 atom stereocenters. The zero-order chi connectivity index (χ0) is 21.7. The minimum Gasteiger partial charge on any atom is -0.497 e. The number of ether oxygens (including phenoxy) is 2. The Balaban J connectivity index is 1.92. The third-order valence-electron chi connectivity index (χ3n) is 4.53. The lowest BCUT2D eigenvalue weighted by Gasteiger charge is -2.25. The number of methoxy groups -OCH3 is 2. The number of benzene rings is 2. The van der Waals surface area contributed by atoms with Crippen molar-refractivity contribution in [1.29, 1.82) is 0 Å². The maximum atomic E-state index is 13.1. The van der Waals surface area contributed by atoms with Crippen molar-refractivity contribution in [2.75, 3.05) is 19.1 Å². The summed E-state index contributed by atoms with van der Waals surface area (Å²) in [6, 6.07) is 17.5. The molecule has 0 radical (unpaired) electrons. The van der Waals surface area contributed by atoms with Crippen LogP contribution in [0.1, 0.15) is 16.7 Å². The molecule has 4 nitrogen and oxygen atoms in total. The average Bonchev–Trinajstić information content (AvgIpc) is 2.73. The number of rotatable bonds is 7. The molecular weight excluding hydrogens is 461 g/mol. The lowest BCUT2D eigenvalue weighted by Crippen LogP contribution is -2.23. The molecule has 158 valence electrons. The van der Waals surface area contributed by atoms with Crippen LogP contribution < -0.4 is 14.4 Å². The maximum Gasteiger partial charge on any atom is 0.419 e. The van der Waals surface area contributed by atoms with E-state index in [0.29, 0.717) is 18.9 Å². The minimum atomic E-state index is -4.47. The zero-order valence-corrected chi connectivity index (χ0v) is 18.0. The molecule has 3 aromatic rings. The van der Waals surface area contributed by atoms with E-state index < -0.39 is 11.7 Å². The minimum absolute atomic E-state index is 0.234. The highest BCUT2D eigenvalue weighted by Gasteiger charge is 2.34. The van der Waals surface area contributed by atoms with Gasteiger partial charge in [0.05, 0.1) is 19.8 Å². The summed E-state index contributed by atoms with van der Waals surface area (Å²) in [4.78, 5) is 6.08. The Morgan fingerprint density at radius 2 is 1.27 bits per heavy atom. The molecule has 0 aliphatic rings. The zero-order valence-electron chi connectivity index (χ0n) is 16.4. The first kappa shape index (κ1) is 22.0. The normalized spacial score (nSPS) is 11.3. The van der Waals surface area contributed by atoms with Crippen LogP contribution in [0.3, 0.4) is 0 Å². The summed E-state index contributed by atoms with van der Waals surface area (Å²) in [5.74, 6) is 1.90. The predicted molar refractivity (Wildman–Crippen MR) is 113 cm³/mol. The van der Waals surface area contributed by atoms with Gasteiger partial charge in [0.1, 0.15) is 21.9 Å². The molecule has 0 aliphatic carbocycles. The van der Waals surface area contributed by atoms with E-state index in [4.69, 9.17) is 9.47 Å². The van der Waals surface area contributed by atoms with Gasteiger partial charge in [-0.1, -0.05) is 24.3 Å². The van der Waals surface area contributed by atoms with E-state index in [1.807, 2.05) is 53.4 Å². The fourth-order valence-electron chi connectivity index (χ4n) is 2.93. The van der Waals surface area contributed by atoms with Crippen LogP contribution in [0, 0.1) is 0 Å². The van der Waals surface area contributed by atoms with Crippen molar-refractivity contribution in [3.05, 3.63) is 82.0 Å². The third-order valence-corrected chi connectivity index (χ3v) is 5.13. The Kier molecular flexibility index (Phi) is 6.87. The number of aromatic nitrogens is 1. The van der Waals surface area contributed by atoms with Crippen molar-refractivity contribution in [2.24, 2.45) is 0 Å². The summed E-state index contributed by atoms with van der Waals surface area (Å²) in [6.07, 6.45) is -4.47. The Labute approximate surface area is 181 Å². The van der Waals surface area contributed by atoms with Gasteiger partial charge in [-0.15, -0.1) is 0 Å². The third kappa shape index (κ3) is 5.44. The molecule has 30 heavy (non-hydrogen) atoms. The van der Waals surface area contributed by atoms with Gasteiger partial charge in [-0.2, -0.15) is 13.2 Å². The number of nitrogens with zero attached hydrogens (tertiary/aromatic N) is 2. The van der Waals surface area contributed by atoms with E-state index >= 15 is 0 Å². The quantitative estimate of drug-likeness (QED) is 0.383. The molecule has 0 spiro atoms. The second-order valence-electron chi connectivity index (χ2n) is 6.56. The number of hydrogen-bond acceptors (Lipinski definition) is 4. The second-order valence-corrected chi connectivity index (χ2v) is 7.31. The van der Waals surface area contributed by atoms with Gasteiger partial charge >= 0.3 is 6.18 Å². The molecular formula is C22H20BrF3N2O2. The first-order valence-electron chi connectivity index (χ1n) is 9.04. The molecule has 3 rings (SSSR count). The summed E-state index contributed by atoms with van der Waals surface area (Å²) in [6.45, 7) is 0.918. The molecule has 0 amide bonds. The second kappa shape index (κ2) is 9.38. The van der Waals surface area contributed by atoms with Crippen molar-refractivity contribution in [2.45, 2.75) is 19.3 Å². The van der Waals surface area contributed by atoms with Crippen LogP contribution in [0.2, 0.25) is 0 Å². The first-order valence-corrected chi connectivity index (χ1v) is 9.84. The summed E-state index contributed by atoms with van der Waals surface area (Å²) in [5.41, 5.74) is 1.14. The average molecular weight is 481 g/mol. The van der Waals surface area contributed by atoms with Gasteiger partial charge in [0, 0.05) is 13.1 Å². The lowest BCUT2D eigenvalue weighted by molar-refractivity contribution is -0.138. The maximum absolute atomic E-state index is 13.1. The van der Waals surface area contributed by atoms with Gasteiger partial charge in [0.15, 0.2) is 0 Å². The molecule has 0 aliphatic heterocycles. The SMILES string of the molecule is COc1ccc(CN(Cc2ccc(OC)cc2)c2ccc(C(F)(F)F)c(Br)n2)cc1. The highest BCUT2D eigenvalue weighted by molar-refractivity contribution is 9.10. The van der Waals surface area contributed by atoms with Crippen molar-refractivity contribution in [3.8, 4) is 11.5 Å². The van der Waals surface area contributed by atoms with Crippen LogP contribution in [0.4, 0.5) is 19.0 Å². The van der Waals surface area contributed by atoms with Crippen LogP contribution in [0.15, 0.2) is 65.3 Å². The molecule has 0 fully saturated rings. The van der Waals surface area contributed by atoms with Crippen molar-refractivity contribution in [1.82, 2.24) is 4.98 Å². The Morgan fingerprint density at radius 1 is 0.800 bits per heavy atom. The summed E-state index contributed by atoms with van der Waals surface area (Å²) in [5, 5.41) is 0. The highest BCUT2D eigenvalue weighted by Crippen LogP contribution is 2.35. The molecule has 1 heterocycles. The molecule has 0 saturated heterocycles. The molecule has 1 aromatic heterocycles. The van der Waals surface area contributed by atoms with Crippen molar-refractivity contribution < 1.29 is 22.6 Å². The largest absolute Gasteiger partial charge is 0.497 e. The van der Waals surface area contributed by atoms with Gasteiger partial charge in [-0.05, 0) is 63.5 Å². The van der Waals surface area contributed by atoms with E-state index in [9.17, 15) is 13.2 Å². The molecule has 0 unspecified atom stereocenters. The van der Waals surface area contributed by atoms with Gasteiger partial charge in [-0.25, -0.2) is 4.98 Å². The van der Waals surface area contributed by atoms with E-state index in [-0.39, 0.29) is 4.60 Å². The summed E-state index contributed by atoms with van der Waals surface area (Å²) >= 11 is 2.97. The number of hydrogen-bond donors (Lipinski definition) is 0. The van der Waals surface area contributed by atoms with Gasteiger partial charge in [0.25, 0.3) is 0 Å². The number of anilines is 1.